The minimum absolute atomic E-state index is 0.00184. The summed E-state index contributed by atoms with van der Waals surface area (Å²) in [5.74, 6) is -0.778. The van der Waals surface area contributed by atoms with Crippen LogP contribution in [0.3, 0.4) is 0 Å². The molecule has 1 atom stereocenters. The number of aryl methyl sites for hydroxylation is 3. The molecule has 5 heteroatoms. The van der Waals surface area contributed by atoms with Crippen LogP contribution in [0.25, 0.3) is 5.69 Å². The molecule has 31 heavy (non-hydrogen) atoms. The van der Waals surface area contributed by atoms with Crippen LogP contribution in [0.5, 0.6) is 0 Å². The van der Waals surface area contributed by atoms with Crippen LogP contribution in [0.15, 0.2) is 60.7 Å². The van der Waals surface area contributed by atoms with Crippen LogP contribution in [0, 0.1) is 20.8 Å². The van der Waals surface area contributed by atoms with Gasteiger partial charge in [-0.15, -0.1) is 0 Å². The number of amides is 1. The molecule has 0 spiro atoms. The highest BCUT2D eigenvalue weighted by Crippen LogP contribution is 2.22. The molecule has 162 valence electrons. The van der Waals surface area contributed by atoms with Gasteiger partial charge in [0.2, 0.25) is 0 Å². The molecule has 0 saturated heterocycles. The van der Waals surface area contributed by atoms with Gasteiger partial charge in [0, 0.05) is 23.1 Å². The number of esters is 1. The van der Waals surface area contributed by atoms with E-state index in [1.807, 2.05) is 74.7 Å². The summed E-state index contributed by atoms with van der Waals surface area (Å²) in [6, 6.07) is 20.1. The molecular formula is C26H30N2O3. The average molecular weight is 419 g/mol. The van der Waals surface area contributed by atoms with Gasteiger partial charge in [-0.3, -0.25) is 4.79 Å². The maximum atomic E-state index is 12.6. The van der Waals surface area contributed by atoms with Crippen LogP contribution in [0.1, 0.15) is 46.2 Å². The predicted octanol–water partition coefficient (Wildman–Crippen LogP) is 4.70. The molecular weight excluding hydrogens is 388 g/mol. The van der Waals surface area contributed by atoms with Crippen molar-refractivity contribution >= 4 is 11.9 Å². The van der Waals surface area contributed by atoms with Gasteiger partial charge in [-0.1, -0.05) is 48.0 Å². The van der Waals surface area contributed by atoms with Gasteiger partial charge < -0.3 is 14.6 Å². The van der Waals surface area contributed by atoms with Crippen molar-refractivity contribution in [3.63, 3.8) is 0 Å². The summed E-state index contributed by atoms with van der Waals surface area (Å²) in [6.07, 6.45) is 1.70. The standard InChI is InChI=1S/C26H30N2O3/c1-18-10-14-23(15-11-18)28-20(3)16-24(21(28)4)26(30)31-17-25(29)27-19(2)12-13-22-8-6-5-7-9-22/h5-11,14-16,19H,12-13,17H2,1-4H3,(H,27,29)/t19-/m0/s1. The van der Waals surface area contributed by atoms with Gasteiger partial charge in [-0.25, -0.2) is 4.79 Å². The molecule has 2 aromatic carbocycles. The van der Waals surface area contributed by atoms with E-state index in [-0.39, 0.29) is 18.6 Å². The Kier molecular flexibility index (Phi) is 7.29. The van der Waals surface area contributed by atoms with Crippen LogP contribution >= 0.6 is 0 Å². The molecule has 1 aromatic heterocycles. The third kappa shape index (κ3) is 5.85. The number of benzene rings is 2. The molecule has 0 aliphatic rings. The van der Waals surface area contributed by atoms with Crippen molar-refractivity contribution in [2.45, 2.75) is 46.6 Å². The summed E-state index contributed by atoms with van der Waals surface area (Å²) in [5, 5.41) is 2.90. The molecule has 0 aliphatic carbocycles. The summed E-state index contributed by atoms with van der Waals surface area (Å²) < 4.78 is 7.31. The first kappa shape index (κ1) is 22.3. The molecule has 1 N–H and O–H groups in total. The first-order chi connectivity index (χ1) is 14.8. The van der Waals surface area contributed by atoms with E-state index in [0.717, 1.165) is 29.9 Å². The molecule has 0 aliphatic heterocycles. The predicted molar refractivity (Wildman–Crippen MR) is 123 cm³/mol. The molecule has 3 rings (SSSR count). The molecule has 0 radical (unpaired) electrons. The zero-order valence-corrected chi connectivity index (χ0v) is 18.6. The molecule has 0 unspecified atom stereocenters. The monoisotopic (exact) mass is 418 g/mol. The summed E-state index contributed by atoms with van der Waals surface area (Å²) in [7, 11) is 0. The van der Waals surface area contributed by atoms with Crippen molar-refractivity contribution in [3.8, 4) is 5.69 Å². The van der Waals surface area contributed by atoms with Gasteiger partial charge in [0.1, 0.15) is 0 Å². The lowest BCUT2D eigenvalue weighted by atomic mass is 10.1. The highest BCUT2D eigenvalue weighted by atomic mass is 16.5. The number of rotatable bonds is 8. The summed E-state index contributed by atoms with van der Waals surface area (Å²) in [5.41, 5.74) is 5.61. The zero-order chi connectivity index (χ0) is 22.4. The summed E-state index contributed by atoms with van der Waals surface area (Å²) in [4.78, 5) is 24.8. The second-order valence-electron chi connectivity index (χ2n) is 8.02. The van der Waals surface area contributed by atoms with Crippen molar-refractivity contribution < 1.29 is 14.3 Å². The Labute approximate surface area is 184 Å². The van der Waals surface area contributed by atoms with Crippen LogP contribution in [-0.2, 0) is 16.0 Å². The van der Waals surface area contributed by atoms with Crippen molar-refractivity contribution in [2.75, 3.05) is 6.61 Å². The average Bonchev–Trinajstić information content (AvgIpc) is 3.06. The van der Waals surface area contributed by atoms with Crippen molar-refractivity contribution in [1.82, 2.24) is 9.88 Å². The van der Waals surface area contributed by atoms with E-state index >= 15 is 0 Å². The van der Waals surface area contributed by atoms with Gasteiger partial charge in [0.15, 0.2) is 6.61 Å². The Hall–Kier alpha value is -3.34. The number of nitrogens with one attached hydrogen (secondary N) is 1. The normalized spacial score (nSPS) is 11.7. The Morgan fingerprint density at radius 1 is 1.00 bits per heavy atom. The first-order valence-corrected chi connectivity index (χ1v) is 10.6. The second kappa shape index (κ2) is 10.1. The van der Waals surface area contributed by atoms with E-state index in [2.05, 4.69) is 17.4 Å². The molecule has 5 nitrogen and oxygen atoms in total. The molecule has 0 bridgehead atoms. The van der Waals surface area contributed by atoms with Gasteiger partial charge in [0.25, 0.3) is 5.91 Å². The topological polar surface area (TPSA) is 60.3 Å². The molecule has 1 amide bonds. The Balaban J connectivity index is 1.54. The van der Waals surface area contributed by atoms with Crippen molar-refractivity contribution in [1.29, 1.82) is 0 Å². The zero-order valence-electron chi connectivity index (χ0n) is 18.6. The van der Waals surface area contributed by atoms with Crippen molar-refractivity contribution in [2.24, 2.45) is 0 Å². The lowest BCUT2D eigenvalue weighted by Gasteiger charge is -2.14. The number of aromatic nitrogens is 1. The van der Waals surface area contributed by atoms with Gasteiger partial charge in [-0.2, -0.15) is 0 Å². The second-order valence-corrected chi connectivity index (χ2v) is 8.02. The molecule has 0 saturated carbocycles. The fraction of sp³-hybridized carbons (Fsp3) is 0.308. The largest absolute Gasteiger partial charge is 0.452 e. The number of ether oxygens (including phenoxy) is 1. The first-order valence-electron chi connectivity index (χ1n) is 10.6. The minimum atomic E-state index is -0.487. The van der Waals surface area contributed by atoms with E-state index in [4.69, 9.17) is 4.74 Å². The molecule has 1 heterocycles. The Morgan fingerprint density at radius 2 is 1.68 bits per heavy atom. The number of carbonyl (C=O) groups is 2. The maximum absolute atomic E-state index is 12.6. The van der Waals surface area contributed by atoms with E-state index in [1.54, 1.807) is 6.07 Å². The lowest BCUT2D eigenvalue weighted by Crippen LogP contribution is -2.36. The highest BCUT2D eigenvalue weighted by molar-refractivity contribution is 5.93. The summed E-state index contributed by atoms with van der Waals surface area (Å²) in [6.45, 7) is 7.54. The van der Waals surface area contributed by atoms with Crippen LogP contribution in [0.2, 0.25) is 0 Å². The fourth-order valence-electron chi connectivity index (χ4n) is 3.69. The Bertz CT molecular complexity index is 1040. The summed E-state index contributed by atoms with van der Waals surface area (Å²) >= 11 is 0. The third-order valence-electron chi connectivity index (χ3n) is 5.39. The smallest absolute Gasteiger partial charge is 0.340 e. The highest BCUT2D eigenvalue weighted by Gasteiger charge is 2.19. The number of carbonyl (C=O) groups excluding carboxylic acids is 2. The van der Waals surface area contributed by atoms with Gasteiger partial charge in [-0.05, 0) is 64.3 Å². The van der Waals surface area contributed by atoms with Crippen molar-refractivity contribution in [3.05, 3.63) is 88.7 Å². The fourth-order valence-corrected chi connectivity index (χ4v) is 3.69. The maximum Gasteiger partial charge on any atom is 0.340 e. The van der Waals surface area contributed by atoms with Gasteiger partial charge in [0.05, 0.1) is 5.56 Å². The van der Waals surface area contributed by atoms with Gasteiger partial charge >= 0.3 is 5.97 Å². The quantitative estimate of drug-likeness (QED) is 0.540. The Morgan fingerprint density at radius 3 is 2.35 bits per heavy atom. The third-order valence-corrected chi connectivity index (χ3v) is 5.39. The number of hydrogen-bond donors (Lipinski definition) is 1. The molecule has 3 aromatic rings. The molecule has 0 fully saturated rings. The SMILES string of the molecule is Cc1ccc(-n2c(C)cc(C(=O)OCC(=O)N[C@@H](C)CCc3ccccc3)c2C)cc1. The minimum Gasteiger partial charge on any atom is -0.452 e. The van der Waals surface area contributed by atoms with E-state index in [0.29, 0.717) is 5.56 Å². The van der Waals surface area contributed by atoms with Crippen LogP contribution in [-0.4, -0.2) is 29.1 Å². The van der Waals surface area contributed by atoms with E-state index < -0.39 is 5.97 Å². The van der Waals surface area contributed by atoms with Crippen LogP contribution in [0.4, 0.5) is 0 Å². The van der Waals surface area contributed by atoms with E-state index in [1.165, 1.54) is 11.1 Å². The lowest BCUT2D eigenvalue weighted by molar-refractivity contribution is -0.124. The van der Waals surface area contributed by atoms with E-state index in [9.17, 15) is 9.59 Å². The van der Waals surface area contributed by atoms with Crippen LogP contribution < -0.4 is 5.32 Å². The number of hydrogen-bond acceptors (Lipinski definition) is 3. The number of nitrogens with zero attached hydrogens (tertiary/aromatic N) is 1.